The zero-order valence-electron chi connectivity index (χ0n) is 12.2. The Morgan fingerprint density at radius 3 is 2.17 bits per heavy atom. The third-order valence-electron chi connectivity index (χ3n) is 3.97. The number of hydrogen-bond acceptors (Lipinski definition) is 4. The summed E-state index contributed by atoms with van der Waals surface area (Å²) in [5, 5.41) is 3.41. The molecule has 1 aliphatic carbocycles. The predicted octanol–water partition coefficient (Wildman–Crippen LogP) is 2.35. The highest BCUT2D eigenvalue weighted by molar-refractivity contribution is 6.60. The monoisotopic (exact) mass is 275 g/mol. The van der Waals surface area contributed by atoms with Gasteiger partial charge in [-0.25, -0.2) is 0 Å². The lowest BCUT2D eigenvalue weighted by molar-refractivity contribution is 0.122. The fourth-order valence-corrected chi connectivity index (χ4v) is 4.12. The molecule has 1 saturated carbocycles. The lowest BCUT2D eigenvalue weighted by atomic mass is 9.86. The second-order valence-corrected chi connectivity index (χ2v) is 8.06. The van der Waals surface area contributed by atoms with E-state index in [0.717, 1.165) is 12.5 Å². The summed E-state index contributed by atoms with van der Waals surface area (Å²) in [7, 11) is 2.55. The molecule has 0 aromatic rings. The molecule has 4 nitrogen and oxygen atoms in total. The van der Waals surface area contributed by atoms with E-state index in [0.29, 0.717) is 6.17 Å². The van der Waals surface area contributed by atoms with E-state index in [4.69, 9.17) is 13.3 Å². The van der Waals surface area contributed by atoms with Gasteiger partial charge in [-0.2, -0.15) is 0 Å². The number of hydrogen-bond donors (Lipinski definition) is 1. The lowest BCUT2D eigenvalue weighted by Crippen LogP contribution is -2.52. The third kappa shape index (κ3) is 5.36. The SMILES string of the molecule is CO[Si](CNCCCC1CCCCC1)(OC)OC. The van der Waals surface area contributed by atoms with Crippen LogP contribution in [0, 0.1) is 5.92 Å². The zero-order valence-corrected chi connectivity index (χ0v) is 13.2. The van der Waals surface area contributed by atoms with Crippen LogP contribution in [0.1, 0.15) is 44.9 Å². The third-order valence-corrected chi connectivity index (χ3v) is 6.51. The fraction of sp³-hybridized carbons (Fsp3) is 1.00. The standard InChI is InChI=1S/C13H29NO3Si/c1-15-18(16-2,17-3)12-14-11-7-10-13-8-5-4-6-9-13/h13-14H,4-12H2,1-3H3. The van der Waals surface area contributed by atoms with Gasteiger partial charge in [-0.3, -0.25) is 0 Å². The van der Waals surface area contributed by atoms with Crippen LogP contribution in [0.2, 0.25) is 0 Å². The second kappa shape index (κ2) is 9.04. The summed E-state index contributed by atoms with van der Waals surface area (Å²) < 4.78 is 16.1. The molecule has 0 aliphatic heterocycles. The molecule has 18 heavy (non-hydrogen) atoms. The van der Waals surface area contributed by atoms with Crippen molar-refractivity contribution in [2.45, 2.75) is 44.9 Å². The van der Waals surface area contributed by atoms with E-state index in [1.807, 2.05) is 0 Å². The molecular formula is C13H29NO3Si. The van der Waals surface area contributed by atoms with Crippen LogP contribution in [-0.2, 0) is 13.3 Å². The molecule has 5 heteroatoms. The van der Waals surface area contributed by atoms with Crippen LogP contribution in [0.15, 0.2) is 0 Å². The molecular weight excluding hydrogens is 246 g/mol. The molecule has 1 fully saturated rings. The Kier molecular flexibility index (Phi) is 8.09. The first-order valence-corrected chi connectivity index (χ1v) is 9.05. The van der Waals surface area contributed by atoms with E-state index in [2.05, 4.69) is 5.32 Å². The van der Waals surface area contributed by atoms with E-state index < -0.39 is 8.80 Å². The highest BCUT2D eigenvalue weighted by Crippen LogP contribution is 2.26. The van der Waals surface area contributed by atoms with Crippen LogP contribution in [0.25, 0.3) is 0 Å². The first-order valence-electron chi connectivity index (χ1n) is 7.12. The van der Waals surface area contributed by atoms with Crippen molar-refractivity contribution in [3.63, 3.8) is 0 Å². The maximum Gasteiger partial charge on any atom is 0.514 e. The molecule has 108 valence electrons. The molecule has 0 bridgehead atoms. The smallest absolute Gasteiger partial charge is 0.376 e. The summed E-state index contributed by atoms with van der Waals surface area (Å²) >= 11 is 0. The molecule has 0 spiro atoms. The average Bonchev–Trinajstić information content (AvgIpc) is 2.45. The van der Waals surface area contributed by atoms with Crippen LogP contribution in [0.4, 0.5) is 0 Å². The van der Waals surface area contributed by atoms with Gasteiger partial charge < -0.3 is 18.6 Å². The van der Waals surface area contributed by atoms with E-state index >= 15 is 0 Å². The van der Waals surface area contributed by atoms with Gasteiger partial charge in [0.2, 0.25) is 0 Å². The minimum absolute atomic E-state index is 0.696. The predicted molar refractivity (Wildman–Crippen MR) is 75.5 cm³/mol. The quantitative estimate of drug-likeness (QED) is 0.518. The second-order valence-electron chi connectivity index (χ2n) is 5.12. The van der Waals surface area contributed by atoms with Crippen molar-refractivity contribution in [2.75, 3.05) is 34.0 Å². The van der Waals surface area contributed by atoms with Gasteiger partial charge in [-0.1, -0.05) is 32.1 Å². The molecule has 0 atom stereocenters. The Labute approximate surface area is 113 Å². The summed E-state index contributed by atoms with van der Waals surface area (Å²) in [5.74, 6) is 0.967. The van der Waals surface area contributed by atoms with Gasteiger partial charge in [0.25, 0.3) is 0 Å². The molecule has 0 heterocycles. The first-order chi connectivity index (χ1) is 8.76. The Balaban J connectivity index is 2.06. The van der Waals surface area contributed by atoms with Gasteiger partial charge in [-0.05, 0) is 25.3 Å². The first kappa shape index (κ1) is 16.1. The van der Waals surface area contributed by atoms with Crippen LogP contribution in [-0.4, -0.2) is 42.8 Å². The zero-order chi connectivity index (χ0) is 13.3. The Hall–Kier alpha value is 0.0569. The van der Waals surface area contributed by atoms with Gasteiger partial charge in [0.05, 0.1) is 6.17 Å². The van der Waals surface area contributed by atoms with E-state index in [1.165, 1.54) is 44.9 Å². The van der Waals surface area contributed by atoms with Gasteiger partial charge in [0.15, 0.2) is 0 Å². The highest BCUT2D eigenvalue weighted by atomic mass is 28.4. The summed E-state index contributed by atoms with van der Waals surface area (Å²) in [5.41, 5.74) is 0. The fourth-order valence-electron chi connectivity index (χ4n) is 2.70. The normalized spacial score (nSPS) is 18.2. The van der Waals surface area contributed by atoms with Crippen molar-refractivity contribution in [1.29, 1.82) is 0 Å². The molecule has 1 aliphatic rings. The summed E-state index contributed by atoms with van der Waals surface area (Å²) in [6.07, 6.45) is 10.5. The Morgan fingerprint density at radius 2 is 1.61 bits per heavy atom. The van der Waals surface area contributed by atoms with Crippen LogP contribution in [0.3, 0.4) is 0 Å². The Bertz CT molecular complexity index is 198. The minimum atomic E-state index is -2.42. The minimum Gasteiger partial charge on any atom is -0.376 e. The van der Waals surface area contributed by atoms with Crippen LogP contribution < -0.4 is 5.32 Å². The highest BCUT2D eigenvalue weighted by Gasteiger charge is 2.37. The summed E-state index contributed by atoms with van der Waals surface area (Å²) in [4.78, 5) is 0. The van der Waals surface area contributed by atoms with Crippen molar-refractivity contribution in [1.82, 2.24) is 5.32 Å². The van der Waals surface area contributed by atoms with Crippen molar-refractivity contribution in [3.8, 4) is 0 Å². The maximum atomic E-state index is 5.36. The van der Waals surface area contributed by atoms with Gasteiger partial charge in [0, 0.05) is 21.3 Å². The van der Waals surface area contributed by atoms with Crippen molar-refractivity contribution >= 4 is 8.80 Å². The van der Waals surface area contributed by atoms with Gasteiger partial charge in [-0.15, -0.1) is 0 Å². The summed E-state index contributed by atoms with van der Waals surface area (Å²) in [6.45, 7) is 1.03. The molecule has 0 radical (unpaired) electrons. The van der Waals surface area contributed by atoms with Crippen molar-refractivity contribution < 1.29 is 13.3 Å². The van der Waals surface area contributed by atoms with E-state index in [9.17, 15) is 0 Å². The number of rotatable bonds is 9. The van der Waals surface area contributed by atoms with E-state index in [-0.39, 0.29) is 0 Å². The van der Waals surface area contributed by atoms with Gasteiger partial charge >= 0.3 is 8.80 Å². The Morgan fingerprint density at radius 1 is 1.00 bits per heavy atom. The average molecular weight is 275 g/mol. The molecule has 0 saturated heterocycles. The topological polar surface area (TPSA) is 39.7 Å². The molecule has 0 aromatic heterocycles. The molecule has 0 amide bonds. The number of nitrogens with one attached hydrogen (secondary N) is 1. The van der Waals surface area contributed by atoms with E-state index in [1.54, 1.807) is 21.3 Å². The molecule has 0 aromatic carbocycles. The van der Waals surface area contributed by atoms with Crippen molar-refractivity contribution in [2.24, 2.45) is 5.92 Å². The lowest BCUT2D eigenvalue weighted by Gasteiger charge is -2.25. The molecule has 1 rings (SSSR count). The summed E-state index contributed by atoms with van der Waals surface area (Å²) in [6, 6.07) is 0. The van der Waals surface area contributed by atoms with Crippen molar-refractivity contribution in [3.05, 3.63) is 0 Å². The molecule has 1 N–H and O–H groups in total. The maximum absolute atomic E-state index is 5.36. The van der Waals surface area contributed by atoms with Crippen LogP contribution in [0.5, 0.6) is 0 Å². The largest absolute Gasteiger partial charge is 0.514 e. The molecule has 0 unspecified atom stereocenters. The van der Waals surface area contributed by atoms with Crippen LogP contribution >= 0.6 is 0 Å². The van der Waals surface area contributed by atoms with Gasteiger partial charge in [0.1, 0.15) is 0 Å².